The molecule has 0 bridgehead atoms. The SMILES string of the molecule is CC(=O)Nc1ccc(CNc2ccc(F)cc2N)cc1. The Kier molecular flexibility index (Phi) is 4.20. The lowest BCUT2D eigenvalue weighted by Gasteiger charge is -2.10. The van der Waals surface area contributed by atoms with Crippen molar-refractivity contribution < 1.29 is 9.18 Å². The summed E-state index contributed by atoms with van der Waals surface area (Å²) in [6.45, 7) is 2.03. The van der Waals surface area contributed by atoms with Gasteiger partial charge in [-0.05, 0) is 35.9 Å². The molecule has 0 aromatic heterocycles. The summed E-state index contributed by atoms with van der Waals surface area (Å²) >= 11 is 0. The van der Waals surface area contributed by atoms with Crippen LogP contribution in [0.3, 0.4) is 0 Å². The number of carbonyl (C=O) groups is 1. The predicted octanol–water partition coefficient (Wildman–Crippen LogP) is 2.98. The number of rotatable bonds is 4. The molecule has 2 rings (SSSR count). The Balaban J connectivity index is 1.98. The maximum Gasteiger partial charge on any atom is 0.221 e. The van der Waals surface area contributed by atoms with Crippen LogP contribution in [0.5, 0.6) is 0 Å². The van der Waals surface area contributed by atoms with Gasteiger partial charge >= 0.3 is 0 Å². The zero-order chi connectivity index (χ0) is 14.5. The van der Waals surface area contributed by atoms with Gasteiger partial charge in [0.15, 0.2) is 0 Å². The largest absolute Gasteiger partial charge is 0.397 e. The molecule has 0 aliphatic carbocycles. The van der Waals surface area contributed by atoms with Gasteiger partial charge in [0.05, 0.1) is 11.4 Å². The number of carbonyl (C=O) groups excluding carboxylic acids is 1. The van der Waals surface area contributed by atoms with Crippen LogP contribution in [0.1, 0.15) is 12.5 Å². The van der Waals surface area contributed by atoms with Gasteiger partial charge in [-0.3, -0.25) is 4.79 Å². The minimum atomic E-state index is -0.354. The zero-order valence-corrected chi connectivity index (χ0v) is 11.1. The van der Waals surface area contributed by atoms with Gasteiger partial charge < -0.3 is 16.4 Å². The van der Waals surface area contributed by atoms with Gasteiger partial charge in [-0.1, -0.05) is 12.1 Å². The molecule has 0 unspecified atom stereocenters. The van der Waals surface area contributed by atoms with E-state index in [-0.39, 0.29) is 11.7 Å². The van der Waals surface area contributed by atoms with E-state index >= 15 is 0 Å². The van der Waals surface area contributed by atoms with Gasteiger partial charge in [-0.15, -0.1) is 0 Å². The number of nitrogens with two attached hydrogens (primary N) is 1. The molecule has 4 N–H and O–H groups in total. The summed E-state index contributed by atoms with van der Waals surface area (Å²) < 4.78 is 12.9. The van der Waals surface area contributed by atoms with Crippen molar-refractivity contribution in [1.82, 2.24) is 0 Å². The van der Waals surface area contributed by atoms with Crippen molar-refractivity contribution in [3.63, 3.8) is 0 Å². The monoisotopic (exact) mass is 273 g/mol. The van der Waals surface area contributed by atoms with Crippen LogP contribution in [0.2, 0.25) is 0 Å². The smallest absolute Gasteiger partial charge is 0.221 e. The molecule has 0 spiro atoms. The first kappa shape index (κ1) is 13.9. The Morgan fingerprint density at radius 1 is 1.20 bits per heavy atom. The zero-order valence-electron chi connectivity index (χ0n) is 11.1. The molecule has 104 valence electrons. The maximum absolute atomic E-state index is 12.9. The molecule has 0 aliphatic rings. The first-order chi connectivity index (χ1) is 9.54. The van der Waals surface area contributed by atoms with E-state index in [0.717, 1.165) is 11.3 Å². The summed E-state index contributed by atoms with van der Waals surface area (Å²) in [7, 11) is 0. The Morgan fingerprint density at radius 3 is 2.50 bits per heavy atom. The highest BCUT2D eigenvalue weighted by Crippen LogP contribution is 2.20. The summed E-state index contributed by atoms with van der Waals surface area (Å²) in [4.78, 5) is 10.9. The van der Waals surface area contributed by atoms with Gasteiger partial charge in [0.25, 0.3) is 0 Å². The first-order valence-electron chi connectivity index (χ1n) is 6.20. The normalized spacial score (nSPS) is 10.1. The summed E-state index contributed by atoms with van der Waals surface area (Å²) in [5.74, 6) is -0.456. The molecule has 2 aromatic rings. The highest BCUT2D eigenvalue weighted by molar-refractivity contribution is 5.88. The van der Waals surface area contributed by atoms with Crippen molar-refractivity contribution >= 4 is 23.0 Å². The Hall–Kier alpha value is -2.56. The van der Waals surface area contributed by atoms with Crippen LogP contribution in [0, 0.1) is 5.82 Å². The lowest BCUT2D eigenvalue weighted by atomic mass is 10.2. The first-order valence-corrected chi connectivity index (χ1v) is 6.20. The van der Waals surface area contributed by atoms with Crippen LogP contribution in [0.4, 0.5) is 21.5 Å². The Bertz CT molecular complexity index is 611. The van der Waals surface area contributed by atoms with Crippen molar-refractivity contribution in [1.29, 1.82) is 0 Å². The van der Waals surface area contributed by atoms with Gasteiger partial charge in [0.1, 0.15) is 5.82 Å². The van der Waals surface area contributed by atoms with Crippen molar-refractivity contribution in [2.45, 2.75) is 13.5 Å². The van der Waals surface area contributed by atoms with E-state index < -0.39 is 0 Å². The third kappa shape index (κ3) is 3.71. The van der Waals surface area contributed by atoms with Crippen molar-refractivity contribution in [3.8, 4) is 0 Å². The minimum Gasteiger partial charge on any atom is -0.397 e. The number of nitrogen functional groups attached to an aromatic ring is 1. The van der Waals surface area contributed by atoms with Crippen LogP contribution < -0.4 is 16.4 Å². The van der Waals surface area contributed by atoms with Crippen LogP contribution in [-0.2, 0) is 11.3 Å². The summed E-state index contributed by atoms with van der Waals surface area (Å²) in [6.07, 6.45) is 0. The molecule has 0 radical (unpaired) electrons. The number of anilines is 3. The van der Waals surface area contributed by atoms with Crippen LogP contribution in [-0.4, -0.2) is 5.91 Å². The summed E-state index contributed by atoms with van der Waals surface area (Å²) in [5.41, 5.74) is 8.56. The van der Waals surface area contributed by atoms with Gasteiger partial charge in [-0.25, -0.2) is 4.39 Å². The molecule has 1 amide bonds. The van der Waals surface area contributed by atoms with E-state index in [0.29, 0.717) is 17.9 Å². The number of halogens is 1. The number of nitrogens with one attached hydrogen (secondary N) is 2. The average Bonchev–Trinajstić information content (AvgIpc) is 2.39. The summed E-state index contributed by atoms with van der Waals surface area (Å²) in [5, 5.41) is 5.84. The predicted molar refractivity (Wildman–Crippen MR) is 78.9 cm³/mol. The van der Waals surface area contributed by atoms with Crippen molar-refractivity contribution in [2.75, 3.05) is 16.4 Å². The fourth-order valence-corrected chi connectivity index (χ4v) is 1.80. The summed E-state index contributed by atoms with van der Waals surface area (Å²) in [6, 6.07) is 11.7. The quantitative estimate of drug-likeness (QED) is 0.750. The maximum atomic E-state index is 12.9. The average molecular weight is 273 g/mol. The van der Waals surface area contributed by atoms with E-state index in [1.54, 1.807) is 6.07 Å². The highest BCUT2D eigenvalue weighted by atomic mass is 19.1. The Morgan fingerprint density at radius 2 is 1.90 bits per heavy atom. The molecule has 0 fully saturated rings. The lowest BCUT2D eigenvalue weighted by molar-refractivity contribution is -0.114. The van der Waals surface area contributed by atoms with Crippen molar-refractivity contribution in [2.24, 2.45) is 0 Å². The molecular formula is C15H16FN3O. The fourth-order valence-electron chi connectivity index (χ4n) is 1.80. The second-order valence-electron chi connectivity index (χ2n) is 4.46. The number of amides is 1. The standard InChI is InChI=1S/C15H16FN3O/c1-10(20)19-13-5-2-11(3-6-13)9-18-15-7-4-12(16)8-14(15)17/h2-8,18H,9,17H2,1H3,(H,19,20). The molecule has 5 heteroatoms. The van der Waals surface area contributed by atoms with E-state index in [1.165, 1.54) is 19.1 Å². The van der Waals surface area contributed by atoms with E-state index in [9.17, 15) is 9.18 Å². The van der Waals surface area contributed by atoms with Gasteiger partial charge in [0, 0.05) is 19.2 Å². The third-order valence-electron chi connectivity index (χ3n) is 2.77. The molecule has 0 atom stereocenters. The minimum absolute atomic E-state index is 0.102. The molecule has 4 nitrogen and oxygen atoms in total. The lowest BCUT2D eigenvalue weighted by Crippen LogP contribution is -2.06. The van der Waals surface area contributed by atoms with Crippen LogP contribution >= 0.6 is 0 Å². The van der Waals surface area contributed by atoms with Crippen molar-refractivity contribution in [3.05, 3.63) is 53.8 Å². The van der Waals surface area contributed by atoms with E-state index in [4.69, 9.17) is 5.73 Å². The number of hydrogen-bond acceptors (Lipinski definition) is 3. The molecule has 20 heavy (non-hydrogen) atoms. The van der Waals surface area contributed by atoms with E-state index in [1.807, 2.05) is 24.3 Å². The Labute approximate surface area is 116 Å². The molecule has 0 saturated carbocycles. The van der Waals surface area contributed by atoms with Crippen LogP contribution in [0.25, 0.3) is 0 Å². The second kappa shape index (κ2) is 6.06. The second-order valence-corrected chi connectivity index (χ2v) is 4.46. The van der Waals surface area contributed by atoms with Gasteiger partial charge in [-0.2, -0.15) is 0 Å². The highest BCUT2D eigenvalue weighted by Gasteiger charge is 2.01. The molecular weight excluding hydrogens is 257 g/mol. The molecule has 0 heterocycles. The third-order valence-corrected chi connectivity index (χ3v) is 2.77. The molecule has 0 aliphatic heterocycles. The number of benzene rings is 2. The molecule has 0 saturated heterocycles. The van der Waals surface area contributed by atoms with E-state index in [2.05, 4.69) is 10.6 Å². The molecule has 2 aromatic carbocycles. The fraction of sp³-hybridized carbons (Fsp3) is 0.133. The number of hydrogen-bond donors (Lipinski definition) is 3. The topological polar surface area (TPSA) is 67.2 Å². The van der Waals surface area contributed by atoms with Gasteiger partial charge in [0.2, 0.25) is 5.91 Å². The van der Waals surface area contributed by atoms with Crippen LogP contribution in [0.15, 0.2) is 42.5 Å².